The van der Waals surface area contributed by atoms with Crippen molar-refractivity contribution in [2.24, 2.45) is 5.92 Å². The number of nitrogens with one attached hydrogen (secondary N) is 2. The molecule has 2 aliphatic rings. The van der Waals surface area contributed by atoms with Gasteiger partial charge in [-0.15, -0.1) is 0 Å². The van der Waals surface area contributed by atoms with Crippen molar-refractivity contribution < 1.29 is 13.2 Å². The van der Waals surface area contributed by atoms with Crippen LogP contribution in [0.3, 0.4) is 0 Å². The number of fused-ring (bicyclic) bond motifs is 2. The largest absolute Gasteiger partial charge is 0.324 e. The van der Waals surface area contributed by atoms with Crippen molar-refractivity contribution in [3.63, 3.8) is 0 Å². The summed E-state index contributed by atoms with van der Waals surface area (Å²) in [5, 5.41) is 11.0. The third-order valence-corrected chi connectivity index (χ3v) is 11.4. The van der Waals surface area contributed by atoms with Crippen molar-refractivity contribution in [2.75, 3.05) is 10.6 Å². The fourth-order valence-corrected chi connectivity index (χ4v) is 9.02. The van der Waals surface area contributed by atoms with E-state index in [0.717, 1.165) is 49.0 Å². The number of amides is 2. The highest BCUT2D eigenvalue weighted by Crippen LogP contribution is 2.44. The smallest absolute Gasteiger partial charge is 0.308 e. The molecule has 2 amide bonds. The number of benzene rings is 3. The zero-order chi connectivity index (χ0) is 31.9. The van der Waals surface area contributed by atoms with Crippen molar-refractivity contribution in [3.05, 3.63) is 101 Å². The van der Waals surface area contributed by atoms with Crippen molar-refractivity contribution in [1.82, 2.24) is 14.1 Å². The molecule has 3 heterocycles. The molecule has 2 aliphatic heterocycles. The Labute approximate surface area is 270 Å². The first-order valence-corrected chi connectivity index (χ1v) is 17.3. The van der Waals surface area contributed by atoms with Crippen LogP contribution in [-0.2, 0) is 21.9 Å². The molecule has 4 aromatic rings. The van der Waals surface area contributed by atoms with Gasteiger partial charge < -0.3 is 5.32 Å². The van der Waals surface area contributed by atoms with E-state index in [0.29, 0.717) is 17.4 Å². The van der Waals surface area contributed by atoms with Gasteiger partial charge >= 0.3 is 6.03 Å². The second kappa shape index (κ2) is 12.3. The summed E-state index contributed by atoms with van der Waals surface area (Å²) in [7, 11) is -3.64. The van der Waals surface area contributed by atoms with Crippen LogP contribution >= 0.6 is 11.6 Å². The van der Waals surface area contributed by atoms with E-state index in [-0.39, 0.29) is 33.4 Å². The number of aromatic nitrogens is 2. The first kappa shape index (κ1) is 31.3. The number of aryl methyl sites for hydroxylation is 1. The van der Waals surface area contributed by atoms with Crippen molar-refractivity contribution in [2.45, 2.75) is 82.2 Å². The molecule has 45 heavy (non-hydrogen) atoms. The maximum Gasteiger partial charge on any atom is 0.324 e. The molecule has 2 atom stereocenters. The SMILES string of the molecule is Cc1ccc(-n2nc(C(C)(C)C)cc2NC(=O)Nc2ccc(CC3CC4CCC(C3)N4S(=O)(=O)c3ccccc3Cl)cc2)cc1. The van der Waals surface area contributed by atoms with E-state index in [2.05, 4.69) is 31.4 Å². The Balaban J connectivity index is 1.09. The summed E-state index contributed by atoms with van der Waals surface area (Å²) in [6.07, 6.45) is 4.28. The molecular formula is C35H40ClN5O3S. The normalized spacial score (nSPS) is 20.2. The van der Waals surface area contributed by atoms with Crippen LogP contribution in [0.25, 0.3) is 5.69 Å². The Morgan fingerprint density at radius 2 is 1.58 bits per heavy atom. The van der Waals surface area contributed by atoms with Gasteiger partial charge in [-0.25, -0.2) is 17.9 Å². The van der Waals surface area contributed by atoms with E-state index in [9.17, 15) is 13.2 Å². The first-order chi connectivity index (χ1) is 21.4. The average Bonchev–Trinajstić information content (AvgIpc) is 3.54. The Hall–Kier alpha value is -3.66. The van der Waals surface area contributed by atoms with Gasteiger partial charge in [0.15, 0.2) is 0 Å². The van der Waals surface area contributed by atoms with E-state index < -0.39 is 10.0 Å². The Bertz CT molecular complexity index is 1780. The van der Waals surface area contributed by atoms with Gasteiger partial charge in [0.2, 0.25) is 10.0 Å². The zero-order valence-corrected chi connectivity index (χ0v) is 27.7. The topological polar surface area (TPSA) is 96.3 Å². The number of halogens is 1. The average molecular weight is 646 g/mol. The summed E-state index contributed by atoms with van der Waals surface area (Å²) >= 11 is 6.28. The molecular weight excluding hydrogens is 606 g/mol. The van der Waals surface area contributed by atoms with Crippen LogP contribution in [0.1, 0.15) is 63.3 Å². The van der Waals surface area contributed by atoms with Crippen LogP contribution in [-0.4, -0.2) is 40.6 Å². The number of urea groups is 1. The van der Waals surface area contributed by atoms with E-state index in [1.165, 1.54) is 5.56 Å². The number of rotatable bonds is 7. The first-order valence-electron chi connectivity index (χ1n) is 15.5. The molecule has 2 N–H and O–H groups in total. The lowest BCUT2D eigenvalue weighted by Crippen LogP contribution is -2.46. The van der Waals surface area contributed by atoms with Crippen LogP contribution < -0.4 is 10.6 Å². The molecule has 2 unspecified atom stereocenters. The molecule has 236 valence electrons. The minimum Gasteiger partial charge on any atom is -0.308 e. The number of hydrogen-bond acceptors (Lipinski definition) is 4. The predicted octanol–water partition coefficient (Wildman–Crippen LogP) is 7.95. The molecule has 10 heteroatoms. The Kier molecular flexibility index (Phi) is 8.54. The minimum atomic E-state index is -3.64. The number of piperidine rings is 1. The number of anilines is 2. The molecule has 1 aromatic heterocycles. The maximum atomic E-state index is 13.5. The van der Waals surface area contributed by atoms with E-state index >= 15 is 0 Å². The zero-order valence-electron chi connectivity index (χ0n) is 26.1. The van der Waals surface area contributed by atoms with Crippen molar-refractivity contribution in [1.29, 1.82) is 0 Å². The molecule has 2 saturated heterocycles. The van der Waals surface area contributed by atoms with Gasteiger partial charge in [-0.05, 0) is 86.9 Å². The van der Waals surface area contributed by atoms with Crippen LogP contribution in [0, 0.1) is 12.8 Å². The molecule has 8 nitrogen and oxygen atoms in total. The van der Waals surface area contributed by atoms with Crippen LogP contribution in [0.15, 0.2) is 83.8 Å². The van der Waals surface area contributed by atoms with E-state index in [1.807, 2.05) is 61.5 Å². The summed E-state index contributed by atoms with van der Waals surface area (Å²) in [5.41, 5.74) is 4.57. The second-order valence-corrected chi connectivity index (χ2v) is 15.6. The maximum absolute atomic E-state index is 13.5. The monoisotopic (exact) mass is 645 g/mol. The lowest BCUT2D eigenvalue weighted by Gasteiger charge is -2.38. The van der Waals surface area contributed by atoms with Gasteiger partial charge in [0.1, 0.15) is 10.7 Å². The summed E-state index contributed by atoms with van der Waals surface area (Å²) in [6.45, 7) is 8.32. The van der Waals surface area contributed by atoms with Crippen LogP contribution in [0.5, 0.6) is 0 Å². The summed E-state index contributed by atoms with van der Waals surface area (Å²) in [6, 6.07) is 24.2. The standard InChI is InChI=1S/C35H40ClN5O3S/c1-23-9-15-27(16-10-23)40-33(22-32(39-40)35(2,3)4)38-34(42)37-26-13-11-24(12-14-26)19-25-20-28-17-18-29(21-25)41(28)45(43,44)31-8-6-5-7-30(31)36/h5-16,22,25,28-29H,17-21H2,1-4H3,(H2,37,38,42). The fraction of sp³-hybridized carbons (Fsp3) is 0.371. The number of carbonyl (C=O) groups excluding carboxylic acids is 1. The molecule has 0 spiro atoms. The lowest BCUT2D eigenvalue weighted by molar-refractivity contribution is 0.190. The number of nitrogens with zero attached hydrogens (tertiary/aromatic N) is 3. The highest BCUT2D eigenvalue weighted by molar-refractivity contribution is 7.89. The van der Waals surface area contributed by atoms with E-state index in [1.54, 1.807) is 33.3 Å². The van der Waals surface area contributed by atoms with Gasteiger partial charge in [0.05, 0.1) is 16.4 Å². The van der Waals surface area contributed by atoms with Gasteiger partial charge in [0.25, 0.3) is 0 Å². The van der Waals surface area contributed by atoms with Gasteiger partial charge in [0, 0.05) is 29.3 Å². The van der Waals surface area contributed by atoms with E-state index in [4.69, 9.17) is 16.7 Å². The predicted molar refractivity (Wildman–Crippen MR) is 180 cm³/mol. The molecule has 3 aromatic carbocycles. The minimum absolute atomic E-state index is 0.00759. The third-order valence-electron chi connectivity index (χ3n) is 8.89. The quantitative estimate of drug-likeness (QED) is 0.213. The van der Waals surface area contributed by atoms with Crippen molar-refractivity contribution in [3.8, 4) is 5.69 Å². The molecule has 6 rings (SSSR count). The Morgan fingerprint density at radius 3 is 2.20 bits per heavy atom. The molecule has 2 fully saturated rings. The number of sulfonamides is 1. The third kappa shape index (κ3) is 6.66. The summed E-state index contributed by atoms with van der Waals surface area (Å²) < 4.78 is 30.5. The Morgan fingerprint density at radius 1 is 0.933 bits per heavy atom. The van der Waals surface area contributed by atoms with Gasteiger partial charge in [-0.3, -0.25) is 5.32 Å². The highest BCUT2D eigenvalue weighted by Gasteiger charge is 2.47. The lowest BCUT2D eigenvalue weighted by atomic mass is 9.87. The number of hydrogen-bond donors (Lipinski definition) is 2. The van der Waals surface area contributed by atoms with Crippen LogP contribution in [0.4, 0.5) is 16.3 Å². The fourth-order valence-electron chi connectivity index (χ4n) is 6.63. The van der Waals surface area contributed by atoms with Gasteiger partial charge in [-0.2, -0.15) is 9.40 Å². The summed E-state index contributed by atoms with van der Waals surface area (Å²) in [5.74, 6) is 0.983. The van der Waals surface area contributed by atoms with Crippen LogP contribution in [0.2, 0.25) is 5.02 Å². The second-order valence-electron chi connectivity index (χ2n) is 13.4. The molecule has 0 aliphatic carbocycles. The van der Waals surface area contributed by atoms with Crippen molar-refractivity contribution >= 4 is 39.2 Å². The summed E-state index contributed by atoms with van der Waals surface area (Å²) in [4.78, 5) is 13.3. The highest BCUT2D eigenvalue weighted by atomic mass is 35.5. The molecule has 0 radical (unpaired) electrons. The molecule has 0 saturated carbocycles. The number of carbonyl (C=O) groups is 1. The van der Waals surface area contributed by atoms with Gasteiger partial charge in [-0.1, -0.05) is 74.3 Å². The molecule has 2 bridgehead atoms.